The topological polar surface area (TPSA) is 132 Å². The van der Waals surface area contributed by atoms with Gasteiger partial charge in [0.1, 0.15) is 5.76 Å². The Kier molecular flexibility index (Phi) is 6.40. The fourth-order valence-corrected chi connectivity index (χ4v) is 3.59. The van der Waals surface area contributed by atoms with Crippen LogP contribution in [0.3, 0.4) is 0 Å². The molecule has 1 amide bonds. The molecule has 0 bridgehead atoms. The molecule has 1 aromatic heterocycles. The molecule has 2 aromatic carbocycles. The van der Waals surface area contributed by atoms with E-state index in [1.807, 2.05) is 0 Å². The van der Waals surface area contributed by atoms with Crippen molar-refractivity contribution in [2.24, 2.45) is 0 Å². The smallest absolute Gasteiger partial charge is 0.276 e. The van der Waals surface area contributed by atoms with Crippen LogP contribution < -0.4 is 10.0 Å². The summed E-state index contributed by atoms with van der Waals surface area (Å²) in [7, 11) is -3.82. The van der Waals surface area contributed by atoms with Gasteiger partial charge < -0.3 is 9.73 Å². The minimum absolute atomic E-state index is 0.00941. The molecule has 2 N–H and O–H groups in total. The van der Waals surface area contributed by atoms with Crippen molar-refractivity contribution in [1.29, 1.82) is 0 Å². The van der Waals surface area contributed by atoms with Crippen LogP contribution in [0.25, 0.3) is 6.08 Å². The summed E-state index contributed by atoms with van der Waals surface area (Å²) in [6, 6.07) is 15.0. The summed E-state index contributed by atoms with van der Waals surface area (Å²) in [5.41, 5.74) is 0.404. The van der Waals surface area contributed by atoms with E-state index in [1.165, 1.54) is 54.8 Å². The average Bonchev–Trinajstić information content (AvgIpc) is 3.25. The second-order valence-corrected chi connectivity index (χ2v) is 7.84. The molecule has 10 heteroatoms. The molecule has 0 aliphatic carbocycles. The number of para-hydroxylation sites is 1. The van der Waals surface area contributed by atoms with E-state index >= 15 is 0 Å². The number of nitro groups is 1. The van der Waals surface area contributed by atoms with Crippen molar-refractivity contribution in [3.8, 4) is 0 Å². The van der Waals surface area contributed by atoms with Crippen molar-refractivity contribution in [1.82, 2.24) is 4.72 Å². The molecular formula is C20H17N3O6S. The third kappa shape index (κ3) is 5.40. The Morgan fingerprint density at radius 3 is 2.63 bits per heavy atom. The Morgan fingerprint density at radius 2 is 1.90 bits per heavy atom. The third-order valence-corrected chi connectivity index (χ3v) is 5.38. The first-order valence-electron chi connectivity index (χ1n) is 8.70. The maximum Gasteiger partial charge on any atom is 0.276 e. The van der Waals surface area contributed by atoms with Gasteiger partial charge in [0.2, 0.25) is 15.9 Å². The molecule has 0 saturated heterocycles. The summed E-state index contributed by atoms with van der Waals surface area (Å²) in [5, 5.41) is 13.6. The van der Waals surface area contributed by atoms with E-state index in [2.05, 4.69) is 10.0 Å². The van der Waals surface area contributed by atoms with Crippen molar-refractivity contribution < 1.29 is 22.6 Å². The van der Waals surface area contributed by atoms with Crippen LogP contribution in [0.15, 0.2) is 82.3 Å². The Labute approximate surface area is 172 Å². The minimum atomic E-state index is -3.82. The van der Waals surface area contributed by atoms with Crippen molar-refractivity contribution in [3.05, 3.63) is 94.4 Å². The lowest BCUT2D eigenvalue weighted by Crippen LogP contribution is -2.23. The molecule has 154 valence electrons. The maximum absolute atomic E-state index is 12.4. The van der Waals surface area contributed by atoms with Gasteiger partial charge in [-0.05, 0) is 42.5 Å². The van der Waals surface area contributed by atoms with Gasteiger partial charge in [-0.2, -0.15) is 0 Å². The summed E-state index contributed by atoms with van der Waals surface area (Å²) in [6.45, 7) is -0.00941. The number of carbonyl (C=O) groups is 1. The fraction of sp³-hybridized carbons (Fsp3) is 0.0500. The first-order valence-corrected chi connectivity index (χ1v) is 10.2. The average molecular weight is 427 g/mol. The number of nitrogens with zero attached hydrogens (tertiary/aromatic N) is 1. The second kappa shape index (κ2) is 9.16. The van der Waals surface area contributed by atoms with Crippen LogP contribution in [0, 0.1) is 10.1 Å². The quantitative estimate of drug-likeness (QED) is 0.322. The Bertz CT molecular complexity index is 1190. The Hall–Kier alpha value is -3.76. The van der Waals surface area contributed by atoms with Crippen molar-refractivity contribution in [3.63, 3.8) is 0 Å². The number of amides is 1. The van der Waals surface area contributed by atoms with E-state index in [1.54, 1.807) is 18.2 Å². The van der Waals surface area contributed by atoms with E-state index in [0.717, 1.165) is 6.08 Å². The predicted octanol–water partition coefficient (Wildman–Crippen LogP) is 3.32. The molecule has 3 rings (SSSR count). The van der Waals surface area contributed by atoms with E-state index in [9.17, 15) is 23.3 Å². The van der Waals surface area contributed by atoms with Gasteiger partial charge >= 0.3 is 0 Å². The van der Waals surface area contributed by atoms with E-state index in [4.69, 9.17) is 4.42 Å². The SMILES string of the molecule is O=C(/C=C/c1ccccc1[N+](=O)[O-])Nc1cccc(S(=O)(=O)NCc2ccco2)c1. The van der Waals surface area contributed by atoms with Gasteiger partial charge in [0.15, 0.2) is 0 Å². The van der Waals surface area contributed by atoms with Gasteiger partial charge in [-0.1, -0.05) is 18.2 Å². The Balaban J connectivity index is 1.69. The molecule has 0 saturated carbocycles. The number of rotatable bonds is 8. The van der Waals surface area contributed by atoms with Gasteiger partial charge in [-0.25, -0.2) is 13.1 Å². The first kappa shape index (κ1) is 21.0. The molecule has 1 heterocycles. The molecular weight excluding hydrogens is 410 g/mol. The molecule has 30 heavy (non-hydrogen) atoms. The highest BCUT2D eigenvalue weighted by Gasteiger charge is 2.15. The monoisotopic (exact) mass is 427 g/mol. The summed E-state index contributed by atoms with van der Waals surface area (Å²) in [6.07, 6.45) is 3.90. The highest BCUT2D eigenvalue weighted by molar-refractivity contribution is 7.89. The van der Waals surface area contributed by atoms with Crippen LogP contribution in [0.4, 0.5) is 11.4 Å². The van der Waals surface area contributed by atoms with E-state index < -0.39 is 20.9 Å². The van der Waals surface area contributed by atoms with Crippen LogP contribution in [0.1, 0.15) is 11.3 Å². The van der Waals surface area contributed by atoms with Crippen LogP contribution in [-0.2, 0) is 21.4 Å². The molecule has 0 aliphatic heterocycles. The second-order valence-electron chi connectivity index (χ2n) is 6.07. The molecule has 0 radical (unpaired) electrons. The number of hydrogen-bond donors (Lipinski definition) is 2. The van der Waals surface area contributed by atoms with Crippen LogP contribution in [0.2, 0.25) is 0 Å². The fourth-order valence-electron chi connectivity index (χ4n) is 2.55. The number of nitro benzene ring substituents is 1. The van der Waals surface area contributed by atoms with Crippen LogP contribution in [0.5, 0.6) is 0 Å². The van der Waals surface area contributed by atoms with Crippen LogP contribution >= 0.6 is 0 Å². The zero-order chi connectivity index (χ0) is 21.6. The number of sulfonamides is 1. The number of furan rings is 1. The van der Waals surface area contributed by atoms with Crippen molar-refractivity contribution in [2.45, 2.75) is 11.4 Å². The summed E-state index contributed by atoms with van der Waals surface area (Å²) >= 11 is 0. The molecule has 9 nitrogen and oxygen atoms in total. The third-order valence-electron chi connectivity index (χ3n) is 3.98. The number of anilines is 1. The number of hydrogen-bond acceptors (Lipinski definition) is 6. The standard InChI is InChI=1S/C20H17N3O6S/c24-20(11-10-15-5-1-2-9-19(15)23(25)26)22-16-6-3-8-18(13-16)30(27,28)21-14-17-7-4-12-29-17/h1-13,21H,14H2,(H,22,24)/b11-10+. The first-order chi connectivity index (χ1) is 14.3. The maximum atomic E-state index is 12.4. The van der Waals surface area contributed by atoms with Gasteiger partial charge in [-0.15, -0.1) is 0 Å². The van der Waals surface area contributed by atoms with E-state index in [-0.39, 0.29) is 28.4 Å². The largest absolute Gasteiger partial charge is 0.468 e. The summed E-state index contributed by atoms with van der Waals surface area (Å²) in [4.78, 5) is 22.6. The van der Waals surface area contributed by atoms with Crippen molar-refractivity contribution >= 4 is 33.4 Å². The zero-order valence-corrected chi connectivity index (χ0v) is 16.3. The predicted molar refractivity (Wildman–Crippen MR) is 110 cm³/mol. The van der Waals surface area contributed by atoms with Gasteiger partial charge in [-0.3, -0.25) is 14.9 Å². The van der Waals surface area contributed by atoms with Crippen LogP contribution in [-0.4, -0.2) is 19.2 Å². The number of carbonyl (C=O) groups excluding carboxylic acids is 1. The molecule has 0 unspecified atom stereocenters. The lowest BCUT2D eigenvalue weighted by molar-refractivity contribution is -0.385. The molecule has 0 atom stereocenters. The summed E-state index contributed by atoms with van der Waals surface area (Å²) in [5.74, 6) is -0.102. The van der Waals surface area contributed by atoms with E-state index in [0.29, 0.717) is 5.76 Å². The Morgan fingerprint density at radius 1 is 1.10 bits per heavy atom. The lowest BCUT2D eigenvalue weighted by atomic mass is 10.1. The summed E-state index contributed by atoms with van der Waals surface area (Å²) < 4.78 is 32.4. The molecule has 0 aliphatic rings. The highest BCUT2D eigenvalue weighted by Crippen LogP contribution is 2.19. The van der Waals surface area contributed by atoms with Gasteiger partial charge in [0, 0.05) is 17.8 Å². The normalized spacial score (nSPS) is 11.5. The van der Waals surface area contributed by atoms with Gasteiger partial charge in [0.05, 0.1) is 28.2 Å². The minimum Gasteiger partial charge on any atom is -0.468 e. The number of benzene rings is 2. The van der Waals surface area contributed by atoms with Gasteiger partial charge in [0.25, 0.3) is 5.69 Å². The molecule has 3 aromatic rings. The lowest BCUT2D eigenvalue weighted by Gasteiger charge is -2.08. The highest BCUT2D eigenvalue weighted by atomic mass is 32.2. The zero-order valence-electron chi connectivity index (χ0n) is 15.5. The number of nitrogens with one attached hydrogen (secondary N) is 2. The van der Waals surface area contributed by atoms with Crippen molar-refractivity contribution in [2.75, 3.05) is 5.32 Å². The molecule has 0 fully saturated rings. The molecule has 0 spiro atoms.